The van der Waals surface area contributed by atoms with Gasteiger partial charge in [0.05, 0.1) is 12.7 Å². The van der Waals surface area contributed by atoms with Crippen LogP contribution in [-0.2, 0) is 11.2 Å². The summed E-state index contributed by atoms with van der Waals surface area (Å²) >= 11 is 0. The number of ether oxygens (including phenoxy) is 1. The van der Waals surface area contributed by atoms with Gasteiger partial charge in [-0.15, -0.1) is 0 Å². The minimum absolute atomic E-state index is 0.335. The lowest BCUT2D eigenvalue weighted by molar-refractivity contribution is -0.139. The molecule has 0 aliphatic rings. The predicted molar refractivity (Wildman–Crippen MR) is 63.5 cm³/mol. The van der Waals surface area contributed by atoms with Crippen molar-refractivity contribution in [2.24, 2.45) is 5.92 Å². The van der Waals surface area contributed by atoms with Crippen molar-refractivity contribution in [3.05, 3.63) is 29.3 Å². The van der Waals surface area contributed by atoms with Gasteiger partial charge < -0.3 is 9.84 Å². The van der Waals surface area contributed by atoms with Gasteiger partial charge in [-0.05, 0) is 31.0 Å². The molecule has 1 aromatic rings. The number of aryl methyl sites for hydroxylation is 1. The Labute approximate surface area is 100 Å². The Bertz CT molecular complexity index is 437. The van der Waals surface area contributed by atoms with Crippen molar-refractivity contribution in [3.63, 3.8) is 0 Å². The lowest BCUT2D eigenvalue weighted by Crippen LogP contribution is -2.21. The first-order valence-corrected chi connectivity index (χ1v) is 5.45. The number of carboxylic acid groups (broad SMARTS) is 1. The molecule has 0 saturated carbocycles. The monoisotopic (exact) mass is 236 g/mol. The van der Waals surface area contributed by atoms with Crippen LogP contribution in [0.3, 0.4) is 0 Å². The summed E-state index contributed by atoms with van der Waals surface area (Å²) in [5.74, 6) is -2.19. The Morgan fingerprint density at radius 1 is 1.41 bits per heavy atom. The van der Waals surface area contributed by atoms with Crippen LogP contribution in [-0.4, -0.2) is 24.0 Å². The SMILES string of the molecule is CCc1ccc(OC)c(C(=O)C(C)C(=O)O)c1. The highest BCUT2D eigenvalue weighted by molar-refractivity contribution is 6.09. The molecule has 92 valence electrons. The molecule has 1 rings (SSSR count). The second-order valence-corrected chi connectivity index (χ2v) is 3.81. The molecule has 1 N–H and O–H groups in total. The van der Waals surface area contributed by atoms with E-state index in [2.05, 4.69) is 0 Å². The summed E-state index contributed by atoms with van der Waals surface area (Å²) in [5, 5.41) is 8.84. The van der Waals surface area contributed by atoms with Crippen LogP contribution in [0, 0.1) is 5.92 Å². The number of ketones is 1. The summed E-state index contributed by atoms with van der Waals surface area (Å²) in [7, 11) is 1.46. The number of benzene rings is 1. The molecule has 0 saturated heterocycles. The van der Waals surface area contributed by atoms with E-state index < -0.39 is 17.7 Å². The lowest BCUT2D eigenvalue weighted by Gasteiger charge is -2.11. The third kappa shape index (κ3) is 2.84. The Kier molecular flexibility index (Phi) is 4.26. The number of methoxy groups -OCH3 is 1. The zero-order valence-corrected chi connectivity index (χ0v) is 10.2. The molecule has 1 atom stereocenters. The van der Waals surface area contributed by atoms with Crippen LogP contribution in [0.25, 0.3) is 0 Å². The van der Waals surface area contributed by atoms with Crippen LogP contribution in [0.5, 0.6) is 5.75 Å². The second kappa shape index (κ2) is 5.48. The first kappa shape index (κ1) is 13.2. The lowest BCUT2D eigenvalue weighted by atomic mass is 9.96. The van der Waals surface area contributed by atoms with Gasteiger partial charge in [0, 0.05) is 0 Å². The van der Waals surface area contributed by atoms with Gasteiger partial charge in [0.25, 0.3) is 0 Å². The number of hydrogen-bond acceptors (Lipinski definition) is 3. The number of rotatable bonds is 5. The van der Waals surface area contributed by atoms with E-state index in [0.717, 1.165) is 12.0 Å². The second-order valence-electron chi connectivity index (χ2n) is 3.81. The molecular formula is C13H16O4. The van der Waals surface area contributed by atoms with E-state index in [1.54, 1.807) is 12.1 Å². The summed E-state index contributed by atoms with van der Waals surface area (Å²) in [6, 6.07) is 5.25. The van der Waals surface area contributed by atoms with Gasteiger partial charge in [-0.3, -0.25) is 9.59 Å². The Morgan fingerprint density at radius 2 is 2.06 bits per heavy atom. The maximum absolute atomic E-state index is 12.0. The standard InChI is InChI=1S/C13H16O4/c1-4-9-5-6-11(17-3)10(7-9)12(14)8(2)13(15)16/h5-8H,4H2,1-3H3,(H,15,16). The molecule has 1 aromatic carbocycles. The molecule has 4 heteroatoms. The molecule has 0 bridgehead atoms. The third-order valence-corrected chi connectivity index (χ3v) is 2.70. The average molecular weight is 236 g/mol. The predicted octanol–water partition coefficient (Wildman–Crippen LogP) is 2.16. The van der Waals surface area contributed by atoms with Crippen LogP contribution >= 0.6 is 0 Å². The van der Waals surface area contributed by atoms with Crippen molar-refractivity contribution in [2.45, 2.75) is 20.3 Å². The summed E-state index contributed by atoms with van der Waals surface area (Å²) in [4.78, 5) is 22.8. The van der Waals surface area contributed by atoms with E-state index in [-0.39, 0.29) is 0 Å². The highest BCUT2D eigenvalue weighted by Gasteiger charge is 2.24. The molecule has 0 spiro atoms. The molecule has 0 amide bonds. The van der Waals surface area contributed by atoms with Crippen LogP contribution in [0.15, 0.2) is 18.2 Å². The molecular weight excluding hydrogens is 220 g/mol. The quantitative estimate of drug-likeness (QED) is 0.628. The number of Topliss-reactive ketones (excluding diaryl/α,β-unsaturated/α-hetero) is 1. The van der Waals surface area contributed by atoms with E-state index in [4.69, 9.17) is 9.84 Å². The molecule has 1 unspecified atom stereocenters. The third-order valence-electron chi connectivity index (χ3n) is 2.70. The number of hydrogen-bond donors (Lipinski definition) is 1. The summed E-state index contributed by atoms with van der Waals surface area (Å²) in [5.41, 5.74) is 1.31. The summed E-state index contributed by atoms with van der Waals surface area (Å²) < 4.78 is 5.08. The molecule has 0 aliphatic heterocycles. The normalized spacial score (nSPS) is 11.9. The van der Waals surface area contributed by atoms with Crippen molar-refractivity contribution < 1.29 is 19.4 Å². The number of carbonyl (C=O) groups is 2. The fourth-order valence-corrected chi connectivity index (χ4v) is 1.51. The Morgan fingerprint density at radius 3 is 2.53 bits per heavy atom. The fraction of sp³-hybridized carbons (Fsp3) is 0.385. The molecule has 0 heterocycles. The number of carboxylic acids is 1. The molecule has 4 nitrogen and oxygen atoms in total. The number of aliphatic carboxylic acids is 1. The van der Waals surface area contributed by atoms with Gasteiger partial charge in [0.1, 0.15) is 11.7 Å². The first-order valence-electron chi connectivity index (χ1n) is 5.45. The van der Waals surface area contributed by atoms with Gasteiger partial charge in [-0.2, -0.15) is 0 Å². The summed E-state index contributed by atoms with van der Waals surface area (Å²) in [6.45, 7) is 3.35. The van der Waals surface area contributed by atoms with Crippen LogP contribution in [0.2, 0.25) is 0 Å². The molecule has 0 aliphatic carbocycles. The minimum Gasteiger partial charge on any atom is -0.496 e. The maximum atomic E-state index is 12.0. The smallest absolute Gasteiger partial charge is 0.314 e. The molecule has 0 radical (unpaired) electrons. The van der Waals surface area contributed by atoms with Gasteiger partial charge in [0.2, 0.25) is 0 Å². The minimum atomic E-state index is -1.13. The van der Waals surface area contributed by atoms with E-state index in [0.29, 0.717) is 11.3 Å². The maximum Gasteiger partial charge on any atom is 0.314 e. The fourth-order valence-electron chi connectivity index (χ4n) is 1.51. The zero-order chi connectivity index (χ0) is 13.0. The van der Waals surface area contributed by atoms with Crippen molar-refractivity contribution in [2.75, 3.05) is 7.11 Å². The molecule has 0 fully saturated rings. The van der Waals surface area contributed by atoms with Gasteiger partial charge >= 0.3 is 5.97 Å². The van der Waals surface area contributed by atoms with Gasteiger partial charge in [0.15, 0.2) is 5.78 Å². The number of carbonyl (C=O) groups excluding carboxylic acids is 1. The van der Waals surface area contributed by atoms with E-state index >= 15 is 0 Å². The molecule has 0 aromatic heterocycles. The van der Waals surface area contributed by atoms with Gasteiger partial charge in [-0.1, -0.05) is 13.0 Å². The van der Waals surface area contributed by atoms with Crippen molar-refractivity contribution in [1.29, 1.82) is 0 Å². The van der Waals surface area contributed by atoms with Crippen LogP contribution in [0.1, 0.15) is 29.8 Å². The first-order chi connectivity index (χ1) is 8.01. The Hall–Kier alpha value is -1.84. The van der Waals surface area contributed by atoms with Crippen molar-refractivity contribution >= 4 is 11.8 Å². The van der Waals surface area contributed by atoms with E-state index in [9.17, 15) is 9.59 Å². The van der Waals surface area contributed by atoms with Crippen molar-refractivity contribution in [1.82, 2.24) is 0 Å². The van der Waals surface area contributed by atoms with E-state index in [1.807, 2.05) is 13.0 Å². The van der Waals surface area contributed by atoms with Gasteiger partial charge in [-0.25, -0.2) is 0 Å². The molecule has 17 heavy (non-hydrogen) atoms. The largest absolute Gasteiger partial charge is 0.496 e. The Balaban J connectivity index is 3.18. The van der Waals surface area contributed by atoms with Crippen LogP contribution in [0.4, 0.5) is 0 Å². The highest BCUT2D eigenvalue weighted by atomic mass is 16.5. The average Bonchev–Trinajstić information content (AvgIpc) is 2.35. The highest BCUT2D eigenvalue weighted by Crippen LogP contribution is 2.23. The van der Waals surface area contributed by atoms with Crippen molar-refractivity contribution in [3.8, 4) is 5.75 Å². The zero-order valence-electron chi connectivity index (χ0n) is 10.2. The van der Waals surface area contributed by atoms with E-state index in [1.165, 1.54) is 14.0 Å². The summed E-state index contributed by atoms with van der Waals surface area (Å²) in [6.07, 6.45) is 0.783. The van der Waals surface area contributed by atoms with Crippen LogP contribution < -0.4 is 4.74 Å². The topological polar surface area (TPSA) is 63.6 Å².